The van der Waals surface area contributed by atoms with E-state index in [1.165, 1.54) is 4.88 Å². The first-order valence-corrected chi connectivity index (χ1v) is 4.81. The molecule has 3 nitrogen and oxygen atoms in total. The summed E-state index contributed by atoms with van der Waals surface area (Å²) in [5.41, 5.74) is 0. The van der Waals surface area contributed by atoms with E-state index in [9.17, 15) is 0 Å². The average Bonchev–Trinajstić information content (AvgIpc) is 2.35. The molecule has 1 N–H and O–H groups in total. The molecule has 1 aromatic heterocycles. The van der Waals surface area contributed by atoms with Crippen LogP contribution in [0.4, 0.5) is 5.13 Å². The third kappa shape index (κ3) is 3.19. The minimum absolute atomic E-state index is 0.958. The summed E-state index contributed by atoms with van der Waals surface area (Å²) in [6, 6.07) is 0. The Kier molecular flexibility index (Phi) is 3.49. The largest absolute Gasteiger partial charge is 0.360 e. The average molecular weight is 185 g/mol. The standard InChI is InChI=1S/C8H15N3S/c1-7-6-10-8(12-7)9-4-5-11(2)3/h6H,4-5H2,1-3H3,(H,9,10). The van der Waals surface area contributed by atoms with Crippen molar-refractivity contribution in [3.8, 4) is 0 Å². The Morgan fingerprint density at radius 3 is 2.83 bits per heavy atom. The highest BCUT2D eigenvalue weighted by Gasteiger charge is 1.96. The van der Waals surface area contributed by atoms with Crippen LogP contribution in [-0.2, 0) is 0 Å². The van der Waals surface area contributed by atoms with E-state index in [1.54, 1.807) is 11.3 Å². The van der Waals surface area contributed by atoms with Crippen LogP contribution in [0.5, 0.6) is 0 Å². The highest BCUT2D eigenvalue weighted by Crippen LogP contribution is 2.15. The van der Waals surface area contributed by atoms with Crippen LogP contribution in [0.1, 0.15) is 4.88 Å². The van der Waals surface area contributed by atoms with Gasteiger partial charge in [-0.25, -0.2) is 4.98 Å². The van der Waals surface area contributed by atoms with Gasteiger partial charge in [0, 0.05) is 24.2 Å². The zero-order chi connectivity index (χ0) is 8.97. The predicted molar refractivity (Wildman–Crippen MR) is 53.9 cm³/mol. The Balaban J connectivity index is 2.24. The van der Waals surface area contributed by atoms with Crippen LogP contribution >= 0.6 is 11.3 Å². The third-order valence-corrected chi connectivity index (χ3v) is 2.33. The lowest BCUT2D eigenvalue weighted by atomic mass is 10.6. The molecule has 0 fully saturated rings. The number of nitrogens with zero attached hydrogens (tertiary/aromatic N) is 2. The van der Waals surface area contributed by atoms with Crippen LogP contribution in [0.3, 0.4) is 0 Å². The molecule has 0 saturated heterocycles. The Bertz CT molecular complexity index is 232. The van der Waals surface area contributed by atoms with E-state index in [0.717, 1.165) is 18.2 Å². The SMILES string of the molecule is Cc1cnc(NCCN(C)C)s1. The molecule has 1 aromatic rings. The zero-order valence-electron chi connectivity index (χ0n) is 7.79. The molecule has 1 rings (SSSR count). The fourth-order valence-electron chi connectivity index (χ4n) is 0.823. The van der Waals surface area contributed by atoms with Crippen molar-refractivity contribution in [3.05, 3.63) is 11.1 Å². The summed E-state index contributed by atoms with van der Waals surface area (Å²) < 4.78 is 0. The number of anilines is 1. The summed E-state index contributed by atoms with van der Waals surface area (Å²) >= 11 is 1.70. The fraction of sp³-hybridized carbons (Fsp3) is 0.625. The second-order valence-corrected chi connectivity index (χ2v) is 4.24. The van der Waals surface area contributed by atoms with Crippen molar-refractivity contribution in [2.75, 3.05) is 32.5 Å². The minimum atomic E-state index is 0.958. The van der Waals surface area contributed by atoms with Gasteiger partial charge in [-0.15, -0.1) is 11.3 Å². The zero-order valence-corrected chi connectivity index (χ0v) is 8.61. The predicted octanol–water partition coefficient (Wildman–Crippen LogP) is 1.43. The molecule has 0 atom stereocenters. The summed E-state index contributed by atoms with van der Waals surface area (Å²) in [5.74, 6) is 0. The van der Waals surface area contributed by atoms with Crippen molar-refractivity contribution in [2.45, 2.75) is 6.92 Å². The van der Waals surface area contributed by atoms with Gasteiger partial charge in [0.15, 0.2) is 5.13 Å². The molecule has 0 aliphatic heterocycles. The topological polar surface area (TPSA) is 28.2 Å². The van der Waals surface area contributed by atoms with E-state index in [2.05, 4.69) is 36.2 Å². The highest BCUT2D eigenvalue weighted by molar-refractivity contribution is 7.15. The van der Waals surface area contributed by atoms with E-state index in [1.807, 2.05) is 6.20 Å². The van der Waals surface area contributed by atoms with Crippen LogP contribution in [0.15, 0.2) is 6.20 Å². The molecule has 0 unspecified atom stereocenters. The van der Waals surface area contributed by atoms with E-state index in [-0.39, 0.29) is 0 Å². The molecule has 0 aliphatic rings. The maximum absolute atomic E-state index is 4.20. The van der Waals surface area contributed by atoms with Crippen molar-refractivity contribution in [2.24, 2.45) is 0 Å². The molecule has 12 heavy (non-hydrogen) atoms. The monoisotopic (exact) mass is 185 g/mol. The number of hydrogen-bond donors (Lipinski definition) is 1. The molecular weight excluding hydrogens is 170 g/mol. The van der Waals surface area contributed by atoms with Crippen LogP contribution < -0.4 is 5.32 Å². The van der Waals surface area contributed by atoms with Crippen molar-refractivity contribution >= 4 is 16.5 Å². The van der Waals surface area contributed by atoms with Gasteiger partial charge in [-0.1, -0.05) is 0 Å². The smallest absolute Gasteiger partial charge is 0.182 e. The van der Waals surface area contributed by atoms with Gasteiger partial charge in [-0.05, 0) is 21.0 Å². The number of likely N-dealkylation sites (N-methyl/N-ethyl adjacent to an activating group) is 1. The van der Waals surface area contributed by atoms with E-state index >= 15 is 0 Å². The first-order chi connectivity index (χ1) is 5.68. The number of rotatable bonds is 4. The second-order valence-electron chi connectivity index (χ2n) is 3.01. The van der Waals surface area contributed by atoms with Gasteiger partial charge in [-0.3, -0.25) is 0 Å². The number of aryl methyl sites for hydroxylation is 1. The van der Waals surface area contributed by atoms with Crippen molar-refractivity contribution in [1.29, 1.82) is 0 Å². The molecule has 0 saturated carbocycles. The lowest BCUT2D eigenvalue weighted by molar-refractivity contribution is 0.425. The minimum Gasteiger partial charge on any atom is -0.360 e. The first kappa shape index (κ1) is 9.48. The van der Waals surface area contributed by atoms with Crippen LogP contribution in [-0.4, -0.2) is 37.1 Å². The quantitative estimate of drug-likeness (QED) is 0.769. The van der Waals surface area contributed by atoms with Crippen molar-refractivity contribution in [1.82, 2.24) is 9.88 Å². The summed E-state index contributed by atoms with van der Waals surface area (Å²) in [5, 5.41) is 4.29. The second kappa shape index (κ2) is 4.42. The summed E-state index contributed by atoms with van der Waals surface area (Å²) in [6.07, 6.45) is 1.89. The summed E-state index contributed by atoms with van der Waals surface area (Å²) in [6.45, 7) is 4.06. The van der Waals surface area contributed by atoms with Gasteiger partial charge in [-0.2, -0.15) is 0 Å². The molecule has 0 amide bonds. The molecule has 68 valence electrons. The molecule has 0 aliphatic carbocycles. The molecule has 0 radical (unpaired) electrons. The first-order valence-electron chi connectivity index (χ1n) is 3.99. The van der Waals surface area contributed by atoms with Gasteiger partial charge in [0.05, 0.1) is 0 Å². The van der Waals surface area contributed by atoms with Crippen LogP contribution in [0.25, 0.3) is 0 Å². The Morgan fingerprint density at radius 2 is 2.33 bits per heavy atom. The molecule has 4 heteroatoms. The van der Waals surface area contributed by atoms with Gasteiger partial charge < -0.3 is 10.2 Å². The number of aromatic nitrogens is 1. The van der Waals surface area contributed by atoms with Crippen LogP contribution in [0.2, 0.25) is 0 Å². The molecule has 0 spiro atoms. The molecule has 0 aromatic carbocycles. The number of hydrogen-bond acceptors (Lipinski definition) is 4. The maximum atomic E-state index is 4.20. The van der Waals surface area contributed by atoms with Gasteiger partial charge in [0.2, 0.25) is 0 Å². The lowest BCUT2D eigenvalue weighted by Crippen LogP contribution is -2.20. The van der Waals surface area contributed by atoms with Gasteiger partial charge in [0.1, 0.15) is 0 Å². The maximum Gasteiger partial charge on any atom is 0.182 e. The Morgan fingerprint density at radius 1 is 1.58 bits per heavy atom. The Labute approximate surface area is 77.4 Å². The van der Waals surface area contributed by atoms with Gasteiger partial charge in [0.25, 0.3) is 0 Å². The molecule has 1 heterocycles. The third-order valence-electron chi connectivity index (χ3n) is 1.46. The van der Waals surface area contributed by atoms with E-state index in [0.29, 0.717) is 0 Å². The normalized spacial score (nSPS) is 10.7. The van der Waals surface area contributed by atoms with Gasteiger partial charge >= 0.3 is 0 Å². The Hall–Kier alpha value is -0.610. The van der Waals surface area contributed by atoms with E-state index < -0.39 is 0 Å². The summed E-state index contributed by atoms with van der Waals surface area (Å²) in [7, 11) is 4.13. The van der Waals surface area contributed by atoms with Crippen molar-refractivity contribution < 1.29 is 0 Å². The number of nitrogens with one attached hydrogen (secondary N) is 1. The van der Waals surface area contributed by atoms with Crippen molar-refractivity contribution in [3.63, 3.8) is 0 Å². The number of thiazole rings is 1. The molecular formula is C8H15N3S. The molecule has 0 bridgehead atoms. The fourth-order valence-corrected chi connectivity index (χ4v) is 1.51. The lowest BCUT2D eigenvalue weighted by Gasteiger charge is -2.08. The highest BCUT2D eigenvalue weighted by atomic mass is 32.1. The summed E-state index contributed by atoms with van der Waals surface area (Å²) in [4.78, 5) is 7.60. The van der Waals surface area contributed by atoms with E-state index in [4.69, 9.17) is 0 Å². The van der Waals surface area contributed by atoms with Crippen LogP contribution in [0, 0.1) is 6.92 Å².